The van der Waals surface area contributed by atoms with E-state index in [9.17, 15) is 14.4 Å². The van der Waals surface area contributed by atoms with Gasteiger partial charge < -0.3 is 5.32 Å². The first kappa shape index (κ1) is 15.4. The van der Waals surface area contributed by atoms with Crippen LogP contribution in [-0.2, 0) is 4.79 Å². The molecule has 24 heavy (non-hydrogen) atoms. The quantitative estimate of drug-likeness (QED) is 0.588. The third-order valence-corrected chi connectivity index (χ3v) is 3.45. The summed E-state index contributed by atoms with van der Waals surface area (Å²) >= 11 is 0. The third-order valence-electron chi connectivity index (χ3n) is 3.45. The maximum Gasteiger partial charge on any atom is 0.266 e. The summed E-state index contributed by atoms with van der Waals surface area (Å²) < 4.78 is 13.7. The molecule has 0 radical (unpaired) electrons. The van der Waals surface area contributed by atoms with Crippen LogP contribution in [0.5, 0.6) is 0 Å². The molecule has 1 heterocycles. The molecule has 0 atom stereocenters. The number of pyridine rings is 1. The molecule has 1 N–H and O–H groups in total. The monoisotopic (exact) mass is 317 g/mol. The molecule has 1 amide bonds. The van der Waals surface area contributed by atoms with Crippen LogP contribution in [0.3, 0.4) is 0 Å². The van der Waals surface area contributed by atoms with Crippen LogP contribution < -0.4 is 5.32 Å². The van der Waals surface area contributed by atoms with E-state index in [2.05, 4.69) is 10.3 Å². The van der Waals surface area contributed by atoms with Crippen molar-refractivity contribution in [1.82, 2.24) is 4.98 Å². The van der Waals surface area contributed by atoms with E-state index in [0.717, 1.165) is 5.39 Å². The number of halogens is 1. The van der Waals surface area contributed by atoms with Crippen LogP contribution in [-0.4, -0.2) is 10.9 Å². The maximum absolute atomic E-state index is 13.7. The first-order valence-electron chi connectivity index (χ1n) is 7.20. The molecule has 116 valence electrons. The molecule has 0 saturated carbocycles. The van der Waals surface area contributed by atoms with Gasteiger partial charge in [0.15, 0.2) is 0 Å². The number of nitrogens with zero attached hydrogens (tertiary/aromatic N) is 2. The van der Waals surface area contributed by atoms with Crippen molar-refractivity contribution in [3.63, 3.8) is 0 Å². The topological polar surface area (TPSA) is 65.8 Å². The molecule has 0 saturated heterocycles. The summed E-state index contributed by atoms with van der Waals surface area (Å²) in [6, 6.07) is 16.8. The minimum absolute atomic E-state index is 0.181. The lowest BCUT2D eigenvalue weighted by Gasteiger charge is -2.07. The van der Waals surface area contributed by atoms with Crippen LogP contribution in [0.15, 0.2) is 66.4 Å². The fourth-order valence-electron chi connectivity index (χ4n) is 2.29. The number of amides is 1. The number of anilines is 1. The summed E-state index contributed by atoms with van der Waals surface area (Å²) in [6.07, 6.45) is 2.85. The summed E-state index contributed by atoms with van der Waals surface area (Å²) in [7, 11) is 0. The Balaban J connectivity index is 1.93. The number of hydrogen-bond acceptors (Lipinski definition) is 3. The SMILES string of the molecule is N#C/C(=C\c1ccccc1F)C(=O)Nc1cccc2cccnc12. The second-order valence-electron chi connectivity index (χ2n) is 5.03. The van der Waals surface area contributed by atoms with Gasteiger partial charge in [-0.05, 0) is 24.3 Å². The van der Waals surface area contributed by atoms with Crippen LogP contribution in [0.1, 0.15) is 5.56 Å². The van der Waals surface area contributed by atoms with Crippen LogP contribution >= 0.6 is 0 Å². The molecule has 0 spiro atoms. The minimum Gasteiger partial charge on any atom is -0.319 e. The zero-order valence-corrected chi connectivity index (χ0v) is 12.5. The Bertz CT molecular complexity index is 984. The molecule has 5 heteroatoms. The first-order valence-corrected chi connectivity index (χ1v) is 7.20. The van der Waals surface area contributed by atoms with Gasteiger partial charge in [-0.2, -0.15) is 5.26 Å². The molecule has 3 aromatic rings. The van der Waals surface area contributed by atoms with Crippen LogP contribution in [0, 0.1) is 17.1 Å². The van der Waals surface area contributed by atoms with E-state index in [4.69, 9.17) is 0 Å². The Hall–Kier alpha value is -3.52. The molecular formula is C19H12FN3O. The number of aromatic nitrogens is 1. The molecule has 0 aliphatic rings. The Morgan fingerprint density at radius 2 is 1.92 bits per heavy atom. The molecule has 0 fully saturated rings. The smallest absolute Gasteiger partial charge is 0.266 e. The highest BCUT2D eigenvalue weighted by atomic mass is 19.1. The van der Waals surface area contributed by atoms with E-state index in [1.54, 1.807) is 36.5 Å². The highest BCUT2D eigenvalue weighted by Gasteiger charge is 2.12. The largest absolute Gasteiger partial charge is 0.319 e. The van der Waals surface area contributed by atoms with Crippen molar-refractivity contribution in [3.05, 3.63) is 77.7 Å². The number of fused-ring (bicyclic) bond motifs is 1. The standard InChI is InChI=1S/C19H12FN3O/c20-16-8-2-1-5-14(16)11-15(12-21)19(24)23-17-9-3-6-13-7-4-10-22-18(13)17/h1-11H,(H,23,24)/b15-11+. The number of nitriles is 1. The van der Waals surface area contributed by atoms with Gasteiger partial charge in [-0.15, -0.1) is 0 Å². The fraction of sp³-hybridized carbons (Fsp3) is 0. The summed E-state index contributed by atoms with van der Waals surface area (Å²) in [5.41, 5.74) is 1.11. The number of nitrogens with one attached hydrogen (secondary N) is 1. The molecule has 3 rings (SSSR count). The Morgan fingerprint density at radius 3 is 2.71 bits per heavy atom. The highest BCUT2D eigenvalue weighted by molar-refractivity contribution is 6.12. The number of para-hydroxylation sites is 1. The van der Waals surface area contributed by atoms with Crippen molar-refractivity contribution >= 4 is 28.6 Å². The van der Waals surface area contributed by atoms with Gasteiger partial charge in [-0.3, -0.25) is 9.78 Å². The van der Waals surface area contributed by atoms with Gasteiger partial charge in [-0.25, -0.2) is 4.39 Å². The normalized spacial score (nSPS) is 11.1. The van der Waals surface area contributed by atoms with E-state index in [1.807, 2.05) is 18.2 Å². The minimum atomic E-state index is -0.612. The van der Waals surface area contributed by atoms with Crippen molar-refractivity contribution in [1.29, 1.82) is 5.26 Å². The molecule has 1 aromatic heterocycles. The van der Waals surface area contributed by atoms with Gasteiger partial charge in [0, 0.05) is 17.1 Å². The van der Waals surface area contributed by atoms with Gasteiger partial charge in [0.2, 0.25) is 0 Å². The summed E-state index contributed by atoms with van der Waals surface area (Å²) in [5.74, 6) is -1.11. The second-order valence-corrected chi connectivity index (χ2v) is 5.03. The Morgan fingerprint density at radius 1 is 1.12 bits per heavy atom. The first-order chi connectivity index (χ1) is 11.7. The summed E-state index contributed by atoms with van der Waals surface area (Å²) in [6.45, 7) is 0. The van der Waals surface area contributed by atoms with Gasteiger partial charge >= 0.3 is 0 Å². The number of carbonyl (C=O) groups excluding carboxylic acids is 1. The van der Waals surface area contributed by atoms with E-state index >= 15 is 0 Å². The lowest BCUT2D eigenvalue weighted by Crippen LogP contribution is -2.14. The average molecular weight is 317 g/mol. The maximum atomic E-state index is 13.7. The Kier molecular flexibility index (Phi) is 4.30. The second kappa shape index (κ2) is 6.71. The average Bonchev–Trinajstić information content (AvgIpc) is 2.61. The number of benzene rings is 2. The van der Waals surface area contributed by atoms with Crippen molar-refractivity contribution in [2.75, 3.05) is 5.32 Å². The molecule has 0 bridgehead atoms. The van der Waals surface area contributed by atoms with E-state index in [-0.39, 0.29) is 11.1 Å². The number of hydrogen-bond donors (Lipinski definition) is 1. The van der Waals surface area contributed by atoms with E-state index in [1.165, 1.54) is 18.2 Å². The molecular weight excluding hydrogens is 305 g/mol. The lowest BCUT2D eigenvalue weighted by molar-refractivity contribution is -0.112. The summed E-state index contributed by atoms with van der Waals surface area (Å²) in [5, 5.41) is 12.8. The van der Waals surface area contributed by atoms with Crippen LogP contribution in [0.2, 0.25) is 0 Å². The molecule has 0 unspecified atom stereocenters. The molecule has 4 nitrogen and oxygen atoms in total. The predicted octanol–water partition coefficient (Wildman–Crippen LogP) is 3.92. The van der Waals surface area contributed by atoms with E-state index in [0.29, 0.717) is 11.2 Å². The van der Waals surface area contributed by atoms with Gasteiger partial charge in [0.25, 0.3) is 5.91 Å². The third kappa shape index (κ3) is 3.13. The molecule has 0 aliphatic carbocycles. The van der Waals surface area contributed by atoms with Gasteiger partial charge in [0.1, 0.15) is 17.5 Å². The fourth-order valence-corrected chi connectivity index (χ4v) is 2.29. The van der Waals surface area contributed by atoms with Crippen LogP contribution in [0.25, 0.3) is 17.0 Å². The van der Waals surface area contributed by atoms with Crippen molar-refractivity contribution in [2.24, 2.45) is 0 Å². The van der Waals surface area contributed by atoms with Gasteiger partial charge in [0.05, 0.1) is 11.2 Å². The Labute approximate surface area is 137 Å². The van der Waals surface area contributed by atoms with Crippen molar-refractivity contribution in [2.45, 2.75) is 0 Å². The zero-order valence-electron chi connectivity index (χ0n) is 12.5. The number of rotatable bonds is 3. The zero-order chi connectivity index (χ0) is 16.9. The predicted molar refractivity (Wildman–Crippen MR) is 90.4 cm³/mol. The molecule has 0 aliphatic heterocycles. The molecule has 2 aromatic carbocycles. The van der Waals surface area contributed by atoms with Gasteiger partial charge in [-0.1, -0.05) is 36.4 Å². The highest BCUT2D eigenvalue weighted by Crippen LogP contribution is 2.21. The van der Waals surface area contributed by atoms with Crippen molar-refractivity contribution < 1.29 is 9.18 Å². The van der Waals surface area contributed by atoms with Crippen molar-refractivity contribution in [3.8, 4) is 6.07 Å². The number of carbonyl (C=O) groups is 1. The lowest BCUT2D eigenvalue weighted by atomic mass is 10.1. The van der Waals surface area contributed by atoms with Crippen LogP contribution in [0.4, 0.5) is 10.1 Å². The van der Waals surface area contributed by atoms with E-state index < -0.39 is 11.7 Å². The summed E-state index contributed by atoms with van der Waals surface area (Å²) in [4.78, 5) is 16.6.